The summed E-state index contributed by atoms with van der Waals surface area (Å²) < 4.78 is 0. The van der Waals surface area contributed by atoms with E-state index in [1.165, 1.54) is 18.6 Å². The molecule has 0 spiro atoms. The molecule has 0 bridgehead atoms. The van der Waals surface area contributed by atoms with Gasteiger partial charge in [-0.2, -0.15) is 11.8 Å². The van der Waals surface area contributed by atoms with Crippen molar-refractivity contribution in [2.45, 2.75) is 25.0 Å². The summed E-state index contributed by atoms with van der Waals surface area (Å²) in [5, 5.41) is 0.720. The van der Waals surface area contributed by atoms with Crippen LogP contribution < -0.4 is 5.73 Å². The van der Waals surface area contributed by atoms with Gasteiger partial charge in [-0.15, -0.1) is 0 Å². The number of hydrogen-bond acceptors (Lipinski definition) is 2. The molecule has 1 rings (SSSR count). The minimum Gasteiger partial charge on any atom is -0.327 e. The molecule has 0 radical (unpaired) electrons. The van der Waals surface area contributed by atoms with Crippen LogP contribution in [0.15, 0.2) is 11.6 Å². The van der Waals surface area contributed by atoms with Crippen molar-refractivity contribution in [3.63, 3.8) is 0 Å². The maximum absolute atomic E-state index is 5.44. The normalized spacial score (nSPS) is 31.0. The number of thioether (sulfide) groups is 1. The predicted octanol–water partition coefficient (Wildman–Crippen LogP) is 1.79. The Labute approximate surface area is 67.1 Å². The van der Waals surface area contributed by atoms with Gasteiger partial charge >= 0.3 is 0 Å². The Morgan fingerprint density at radius 2 is 2.60 bits per heavy atom. The average Bonchev–Trinajstić information content (AvgIpc) is 1.94. The second kappa shape index (κ2) is 4.04. The third-order valence-electron chi connectivity index (χ3n) is 1.88. The van der Waals surface area contributed by atoms with Gasteiger partial charge in [0.25, 0.3) is 0 Å². The number of hydrogen-bond donors (Lipinski definition) is 1. The van der Waals surface area contributed by atoms with Gasteiger partial charge in [0.15, 0.2) is 0 Å². The Hall–Kier alpha value is 0.0500. The van der Waals surface area contributed by atoms with Crippen LogP contribution in [-0.4, -0.2) is 17.5 Å². The van der Waals surface area contributed by atoms with Crippen LogP contribution in [0.5, 0.6) is 0 Å². The van der Waals surface area contributed by atoms with Crippen molar-refractivity contribution in [3.8, 4) is 0 Å². The molecule has 2 N–H and O–H groups in total. The molecule has 0 aromatic heterocycles. The van der Waals surface area contributed by atoms with E-state index in [4.69, 9.17) is 5.73 Å². The molecule has 1 atom stereocenters. The van der Waals surface area contributed by atoms with E-state index in [2.05, 4.69) is 13.0 Å². The zero-order chi connectivity index (χ0) is 7.40. The molecular formula is C8H15NS. The molecule has 0 saturated carbocycles. The first kappa shape index (κ1) is 8.15. The van der Waals surface area contributed by atoms with Crippen molar-refractivity contribution >= 4 is 11.8 Å². The Morgan fingerprint density at radius 3 is 3.20 bits per heavy atom. The van der Waals surface area contributed by atoms with Crippen molar-refractivity contribution in [3.05, 3.63) is 11.6 Å². The molecule has 1 aliphatic rings. The lowest BCUT2D eigenvalue weighted by Crippen LogP contribution is -2.10. The zero-order valence-corrected chi connectivity index (χ0v) is 7.29. The molecule has 10 heavy (non-hydrogen) atoms. The van der Waals surface area contributed by atoms with E-state index in [1.807, 2.05) is 11.8 Å². The van der Waals surface area contributed by atoms with Gasteiger partial charge in [0, 0.05) is 11.8 Å². The van der Waals surface area contributed by atoms with E-state index in [0.29, 0.717) is 6.54 Å². The second-order valence-corrected chi connectivity index (χ2v) is 4.08. The van der Waals surface area contributed by atoms with Crippen molar-refractivity contribution in [2.24, 2.45) is 5.73 Å². The average molecular weight is 157 g/mol. The largest absolute Gasteiger partial charge is 0.327 e. The summed E-state index contributed by atoms with van der Waals surface area (Å²) in [6.45, 7) is 2.98. The third kappa shape index (κ3) is 2.03. The van der Waals surface area contributed by atoms with Crippen molar-refractivity contribution in [1.29, 1.82) is 0 Å². The smallest absolute Gasteiger partial charge is 0.0228 e. The summed E-state index contributed by atoms with van der Waals surface area (Å²) >= 11 is 2.04. The van der Waals surface area contributed by atoms with E-state index in [-0.39, 0.29) is 0 Å². The molecule has 1 saturated heterocycles. The van der Waals surface area contributed by atoms with E-state index < -0.39 is 0 Å². The summed E-state index contributed by atoms with van der Waals surface area (Å²) in [5.74, 6) is 1.32. The lowest BCUT2D eigenvalue weighted by atomic mass is 10.1. The molecule has 0 aliphatic carbocycles. The fourth-order valence-electron chi connectivity index (χ4n) is 1.27. The van der Waals surface area contributed by atoms with Gasteiger partial charge in [0.05, 0.1) is 0 Å². The molecule has 1 fully saturated rings. The minimum absolute atomic E-state index is 0.709. The van der Waals surface area contributed by atoms with Gasteiger partial charge in [-0.1, -0.05) is 11.6 Å². The van der Waals surface area contributed by atoms with Crippen LogP contribution in [-0.2, 0) is 0 Å². The quantitative estimate of drug-likeness (QED) is 0.587. The molecule has 0 aromatic carbocycles. The maximum atomic E-state index is 5.44. The van der Waals surface area contributed by atoms with Crippen molar-refractivity contribution < 1.29 is 0 Å². The lowest BCUT2D eigenvalue weighted by molar-refractivity contribution is 0.838. The van der Waals surface area contributed by atoms with Gasteiger partial charge in [0.1, 0.15) is 0 Å². The first-order valence-electron chi connectivity index (χ1n) is 3.85. The van der Waals surface area contributed by atoms with Crippen LogP contribution in [0.2, 0.25) is 0 Å². The highest BCUT2D eigenvalue weighted by Gasteiger charge is 2.13. The van der Waals surface area contributed by atoms with Crippen LogP contribution in [0, 0.1) is 0 Å². The fraction of sp³-hybridized carbons (Fsp3) is 0.750. The second-order valence-electron chi connectivity index (χ2n) is 2.63. The Bertz CT molecular complexity index is 131. The van der Waals surface area contributed by atoms with E-state index in [1.54, 1.807) is 5.57 Å². The molecule has 1 aliphatic heterocycles. The van der Waals surface area contributed by atoms with Crippen LogP contribution in [0.3, 0.4) is 0 Å². The zero-order valence-electron chi connectivity index (χ0n) is 6.47. The van der Waals surface area contributed by atoms with Crippen LogP contribution in [0.4, 0.5) is 0 Å². The molecule has 1 heterocycles. The molecular weight excluding hydrogens is 142 g/mol. The monoisotopic (exact) mass is 157 g/mol. The van der Waals surface area contributed by atoms with E-state index in [9.17, 15) is 0 Å². The summed E-state index contributed by atoms with van der Waals surface area (Å²) in [7, 11) is 0. The van der Waals surface area contributed by atoms with Gasteiger partial charge < -0.3 is 5.73 Å². The minimum atomic E-state index is 0.709. The predicted molar refractivity (Wildman–Crippen MR) is 48.3 cm³/mol. The first-order chi connectivity index (χ1) is 4.84. The Balaban J connectivity index is 2.47. The highest BCUT2D eigenvalue weighted by atomic mass is 32.2. The lowest BCUT2D eigenvalue weighted by Gasteiger charge is -2.20. The maximum Gasteiger partial charge on any atom is 0.0228 e. The summed E-state index contributed by atoms with van der Waals surface area (Å²) in [6, 6.07) is 0. The Kier molecular flexibility index (Phi) is 3.29. The highest BCUT2D eigenvalue weighted by molar-refractivity contribution is 8.00. The number of rotatable bonds is 1. The topological polar surface area (TPSA) is 26.0 Å². The highest BCUT2D eigenvalue weighted by Crippen LogP contribution is 2.28. The Morgan fingerprint density at radius 1 is 1.80 bits per heavy atom. The van der Waals surface area contributed by atoms with Crippen LogP contribution in [0.25, 0.3) is 0 Å². The summed E-state index contributed by atoms with van der Waals surface area (Å²) in [5.41, 5.74) is 6.99. The van der Waals surface area contributed by atoms with Crippen molar-refractivity contribution in [2.75, 3.05) is 12.3 Å². The molecule has 2 heteroatoms. The molecule has 0 amide bonds. The van der Waals surface area contributed by atoms with E-state index in [0.717, 1.165) is 5.25 Å². The van der Waals surface area contributed by atoms with Crippen molar-refractivity contribution in [1.82, 2.24) is 0 Å². The van der Waals surface area contributed by atoms with Gasteiger partial charge in [-0.3, -0.25) is 0 Å². The SMILES string of the molecule is CC1SCCCC1=CCN. The summed E-state index contributed by atoms with van der Waals surface area (Å²) in [4.78, 5) is 0. The van der Waals surface area contributed by atoms with Gasteiger partial charge in [-0.25, -0.2) is 0 Å². The van der Waals surface area contributed by atoms with Crippen LogP contribution in [0.1, 0.15) is 19.8 Å². The number of nitrogens with two attached hydrogens (primary N) is 1. The molecule has 0 aromatic rings. The van der Waals surface area contributed by atoms with Crippen LogP contribution >= 0.6 is 11.8 Å². The van der Waals surface area contributed by atoms with Gasteiger partial charge in [0.2, 0.25) is 0 Å². The third-order valence-corrected chi connectivity index (χ3v) is 3.21. The summed E-state index contributed by atoms with van der Waals surface area (Å²) in [6.07, 6.45) is 4.78. The van der Waals surface area contributed by atoms with E-state index >= 15 is 0 Å². The fourth-order valence-corrected chi connectivity index (χ4v) is 2.36. The standard InChI is InChI=1S/C8H15NS/c1-7-8(4-5-9)3-2-6-10-7/h4,7H,2-3,5-6,9H2,1H3. The van der Waals surface area contributed by atoms with Gasteiger partial charge in [-0.05, 0) is 25.5 Å². The molecule has 1 nitrogen and oxygen atoms in total. The molecule has 58 valence electrons. The first-order valence-corrected chi connectivity index (χ1v) is 4.90. The molecule has 1 unspecified atom stereocenters.